The van der Waals surface area contributed by atoms with Gasteiger partial charge in [-0.3, -0.25) is 14.4 Å². The smallest absolute Gasteiger partial charge is 0.269 e. The van der Waals surface area contributed by atoms with E-state index in [1.54, 1.807) is 13.0 Å². The van der Waals surface area contributed by atoms with Crippen molar-refractivity contribution in [3.05, 3.63) is 65.2 Å². The number of aryl methyl sites for hydroxylation is 1. The third kappa shape index (κ3) is 4.93. The highest BCUT2D eigenvalue weighted by Crippen LogP contribution is 2.30. The molecule has 9 heteroatoms. The van der Waals surface area contributed by atoms with E-state index in [1.165, 1.54) is 23.1 Å². The lowest BCUT2D eigenvalue weighted by Crippen LogP contribution is -2.52. The molecule has 176 valence electrons. The first-order chi connectivity index (χ1) is 15.7. The second-order valence-corrected chi connectivity index (χ2v) is 9.81. The molecule has 8 nitrogen and oxygen atoms in total. The number of benzene rings is 2. The van der Waals surface area contributed by atoms with Gasteiger partial charge in [-0.2, -0.15) is 0 Å². The topological polar surface area (TPSA) is 104 Å². The standard InChI is InChI=1S/C24H29N3O5S/c1-4-14-25-23(29)20(5-2)26(15-18-11-7-6-10-17(18)3)22(28)16-27-24(30)19-12-8-9-13-21(19)33(27,31)32/h6-13,20H,4-5,14-16H2,1-3H3,(H,25,29). The predicted molar refractivity (Wildman–Crippen MR) is 124 cm³/mol. The molecule has 3 amide bonds. The first kappa shape index (κ1) is 24.4. The number of carbonyl (C=O) groups excluding carboxylic acids is 3. The fraction of sp³-hybridized carbons (Fsp3) is 0.375. The quantitative estimate of drug-likeness (QED) is 0.605. The molecule has 0 aromatic heterocycles. The van der Waals surface area contributed by atoms with Gasteiger partial charge in [-0.1, -0.05) is 50.2 Å². The normalized spacial score (nSPS) is 15.1. The highest BCUT2D eigenvalue weighted by atomic mass is 32.2. The summed E-state index contributed by atoms with van der Waals surface area (Å²) in [5.74, 6) is -1.65. The van der Waals surface area contributed by atoms with Gasteiger partial charge < -0.3 is 10.2 Å². The van der Waals surface area contributed by atoms with Gasteiger partial charge in [0.05, 0.1) is 5.56 Å². The molecule has 1 N–H and O–H groups in total. The number of nitrogens with zero attached hydrogens (tertiary/aromatic N) is 2. The van der Waals surface area contributed by atoms with E-state index in [9.17, 15) is 22.8 Å². The average molecular weight is 472 g/mol. The summed E-state index contributed by atoms with van der Waals surface area (Å²) in [6.07, 6.45) is 1.08. The maximum absolute atomic E-state index is 13.5. The summed E-state index contributed by atoms with van der Waals surface area (Å²) in [7, 11) is -4.14. The second-order valence-electron chi connectivity index (χ2n) is 7.98. The molecule has 1 heterocycles. The van der Waals surface area contributed by atoms with Crippen molar-refractivity contribution in [2.75, 3.05) is 13.1 Å². The van der Waals surface area contributed by atoms with Crippen LogP contribution in [-0.4, -0.2) is 54.5 Å². The molecule has 1 aliphatic heterocycles. The van der Waals surface area contributed by atoms with Crippen LogP contribution in [-0.2, 0) is 26.2 Å². The Morgan fingerprint density at radius 3 is 2.36 bits per heavy atom. The van der Waals surface area contributed by atoms with Crippen molar-refractivity contribution in [3.63, 3.8) is 0 Å². The highest BCUT2D eigenvalue weighted by Gasteiger charge is 2.43. The van der Waals surface area contributed by atoms with Gasteiger partial charge in [-0.05, 0) is 43.0 Å². The number of rotatable bonds is 9. The lowest BCUT2D eigenvalue weighted by Gasteiger charge is -2.32. The van der Waals surface area contributed by atoms with E-state index in [0.29, 0.717) is 17.3 Å². The Hall–Kier alpha value is -3.20. The van der Waals surface area contributed by atoms with E-state index in [1.807, 2.05) is 38.1 Å². The van der Waals surface area contributed by atoms with Gasteiger partial charge in [0.15, 0.2) is 0 Å². The first-order valence-corrected chi connectivity index (χ1v) is 12.4. The Balaban J connectivity index is 1.93. The van der Waals surface area contributed by atoms with E-state index in [2.05, 4.69) is 5.32 Å². The number of hydrogen-bond donors (Lipinski definition) is 1. The first-order valence-electron chi connectivity index (χ1n) is 11.0. The molecular weight excluding hydrogens is 442 g/mol. The van der Waals surface area contributed by atoms with Crippen molar-refractivity contribution in [3.8, 4) is 0 Å². The monoisotopic (exact) mass is 471 g/mol. The third-order valence-electron chi connectivity index (χ3n) is 5.73. The second kappa shape index (κ2) is 10.2. The molecular formula is C24H29N3O5S. The van der Waals surface area contributed by atoms with Crippen LogP contribution in [0.2, 0.25) is 0 Å². The number of amides is 3. The van der Waals surface area contributed by atoms with Crippen LogP contribution in [0.25, 0.3) is 0 Å². The maximum atomic E-state index is 13.5. The van der Waals surface area contributed by atoms with Crippen LogP contribution in [0.3, 0.4) is 0 Å². The molecule has 0 aliphatic carbocycles. The van der Waals surface area contributed by atoms with Gasteiger partial charge in [0, 0.05) is 13.1 Å². The van der Waals surface area contributed by atoms with Crippen molar-refractivity contribution >= 4 is 27.7 Å². The van der Waals surface area contributed by atoms with Gasteiger partial charge in [0.2, 0.25) is 11.8 Å². The number of fused-ring (bicyclic) bond motifs is 1. The molecule has 0 spiro atoms. The fourth-order valence-corrected chi connectivity index (χ4v) is 5.38. The number of hydrogen-bond acceptors (Lipinski definition) is 5. The summed E-state index contributed by atoms with van der Waals surface area (Å²) in [6, 6.07) is 12.6. The Kier molecular flexibility index (Phi) is 7.53. The van der Waals surface area contributed by atoms with Crippen molar-refractivity contribution in [2.24, 2.45) is 0 Å². The molecule has 0 radical (unpaired) electrons. The minimum absolute atomic E-state index is 0.0449. The van der Waals surface area contributed by atoms with Crippen LogP contribution < -0.4 is 5.32 Å². The van der Waals surface area contributed by atoms with E-state index in [4.69, 9.17) is 0 Å². The molecule has 1 atom stereocenters. The molecule has 0 bridgehead atoms. The van der Waals surface area contributed by atoms with Gasteiger partial charge >= 0.3 is 0 Å². The lowest BCUT2D eigenvalue weighted by atomic mass is 10.1. The maximum Gasteiger partial charge on any atom is 0.269 e. The van der Waals surface area contributed by atoms with Crippen LogP contribution in [0.5, 0.6) is 0 Å². The molecule has 1 aliphatic rings. The summed E-state index contributed by atoms with van der Waals surface area (Å²) >= 11 is 0. The largest absolute Gasteiger partial charge is 0.354 e. The molecule has 0 saturated heterocycles. The summed E-state index contributed by atoms with van der Waals surface area (Å²) in [6.45, 7) is 5.55. The van der Waals surface area contributed by atoms with Crippen molar-refractivity contribution in [2.45, 2.75) is 51.1 Å². The molecule has 2 aromatic rings. The van der Waals surface area contributed by atoms with Crippen molar-refractivity contribution in [1.82, 2.24) is 14.5 Å². The average Bonchev–Trinajstić information content (AvgIpc) is 2.99. The molecule has 2 aromatic carbocycles. The highest BCUT2D eigenvalue weighted by molar-refractivity contribution is 7.90. The van der Waals surface area contributed by atoms with Crippen LogP contribution in [0.4, 0.5) is 0 Å². The van der Waals surface area contributed by atoms with Crippen LogP contribution in [0, 0.1) is 6.92 Å². The van der Waals surface area contributed by atoms with Gasteiger partial charge in [0.1, 0.15) is 17.5 Å². The van der Waals surface area contributed by atoms with Crippen molar-refractivity contribution < 1.29 is 22.8 Å². The zero-order valence-corrected chi connectivity index (χ0v) is 19.9. The molecule has 3 rings (SSSR count). The fourth-order valence-electron chi connectivity index (χ4n) is 3.86. The van der Waals surface area contributed by atoms with Gasteiger partial charge in [-0.25, -0.2) is 12.7 Å². The van der Waals surface area contributed by atoms with Crippen LogP contribution >= 0.6 is 0 Å². The summed E-state index contributed by atoms with van der Waals surface area (Å²) in [5.41, 5.74) is 1.83. The van der Waals surface area contributed by atoms with E-state index in [-0.39, 0.29) is 22.9 Å². The number of carbonyl (C=O) groups is 3. The Bertz CT molecular complexity index is 1160. The Morgan fingerprint density at radius 1 is 1.06 bits per heavy atom. The van der Waals surface area contributed by atoms with E-state index >= 15 is 0 Å². The minimum atomic E-state index is -4.14. The molecule has 33 heavy (non-hydrogen) atoms. The summed E-state index contributed by atoms with van der Waals surface area (Å²) in [5, 5.41) is 2.82. The molecule has 0 fully saturated rings. The lowest BCUT2D eigenvalue weighted by molar-refractivity contribution is -0.141. The Morgan fingerprint density at radius 2 is 1.73 bits per heavy atom. The van der Waals surface area contributed by atoms with E-state index < -0.39 is 34.4 Å². The molecule has 1 unspecified atom stereocenters. The van der Waals surface area contributed by atoms with E-state index in [0.717, 1.165) is 17.5 Å². The van der Waals surface area contributed by atoms with Crippen molar-refractivity contribution in [1.29, 1.82) is 0 Å². The van der Waals surface area contributed by atoms with Gasteiger partial charge in [-0.15, -0.1) is 0 Å². The molecule has 0 saturated carbocycles. The third-order valence-corrected chi connectivity index (χ3v) is 7.51. The predicted octanol–water partition coefficient (Wildman–Crippen LogP) is 2.47. The summed E-state index contributed by atoms with van der Waals surface area (Å²) < 4.78 is 26.5. The number of sulfonamides is 1. The summed E-state index contributed by atoms with van der Waals surface area (Å²) in [4.78, 5) is 40.4. The Labute approximate surface area is 194 Å². The van der Waals surface area contributed by atoms with Crippen LogP contribution in [0.15, 0.2) is 53.4 Å². The van der Waals surface area contributed by atoms with Gasteiger partial charge in [0.25, 0.3) is 15.9 Å². The minimum Gasteiger partial charge on any atom is -0.354 e. The van der Waals surface area contributed by atoms with Crippen LogP contribution in [0.1, 0.15) is 48.2 Å². The number of nitrogens with one attached hydrogen (secondary N) is 1. The zero-order valence-electron chi connectivity index (χ0n) is 19.1. The zero-order chi connectivity index (χ0) is 24.2. The SMILES string of the molecule is CCCNC(=O)C(CC)N(Cc1ccccc1C)C(=O)CN1C(=O)c2ccccc2S1(=O)=O.